The summed E-state index contributed by atoms with van der Waals surface area (Å²) in [5.74, 6) is -1.03. The predicted molar refractivity (Wildman–Crippen MR) is 134 cm³/mol. The van der Waals surface area contributed by atoms with E-state index in [4.69, 9.17) is 17.8 Å². The number of alkyl halides is 2. The lowest BCUT2D eigenvalue weighted by atomic mass is 9.98. The van der Waals surface area contributed by atoms with Gasteiger partial charge in [-0.3, -0.25) is 37.4 Å². The quantitative estimate of drug-likeness (QED) is 0.0560. The molecule has 0 aromatic carbocycles. The molecule has 18 nitrogen and oxygen atoms in total. The fraction of sp³-hybridized carbons (Fsp3) is 0.706. The van der Waals surface area contributed by atoms with Crippen LogP contribution in [0.5, 0.6) is 0 Å². The van der Waals surface area contributed by atoms with Crippen LogP contribution in [0.3, 0.4) is 0 Å². The Morgan fingerprint density at radius 2 is 1.88 bits per heavy atom. The molecule has 2 rings (SSSR count). The average Bonchev–Trinajstić information content (AvgIpc) is 3.21. The van der Waals surface area contributed by atoms with Gasteiger partial charge in [-0.1, -0.05) is 5.11 Å². The first-order valence-corrected chi connectivity index (χ1v) is 15.9. The Kier molecular flexibility index (Phi) is 10.8. The van der Waals surface area contributed by atoms with Crippen LogP contribution in [0.15, 0.2) is 20.9 Å². The summed E-state index contributed by atoms with van der Waals surface area (Å²) in [6, 6.07) is -1.15. The van der Waals surface area contributed by atoms with Crippen LogP contribution in [0.4, 0.5) is 8.78 Å². The Labute approximate surface area is 230 Å². The molecule has 2 radical (unpaired) electrons. The summed E-state index contributed by atoms with van der Waals surface area (Å²) in [6.07, 6.45) is -1.60. The van der Waals surface area contributed by atoms with Crippen molar-refractivity contribution in [2.75, 3.05) is 13.4 Å². The Hall–Kier alpha value is -2.17. The summed E-state index contributed by atoms with van der Waals surface area (Å²) < 4.78 is 89.1. The maximum Gasteiger partial charge on any atom is 0.444 e. The molecular weight excluding hydrogens is 624 g/mol. The number of hydrogen-bond acceptors (Lipinski definition) is 12. The lowest BCUT2D eigenvalue weighted by Crippen LogP contribution is -2.33. The number of nitrogens with zero attached hydrogens (tertiary/aromatic N) is 4. The second-order valence-electron chi connectivity index (χ2n) is 9.51. The van der Waals surface area contributed by atoms with E-state index >= 15 is 0 Å². The van der Waals surface area contributed by atoms with Crippen LogP contribution in [0, 0.1) is 12.3 Å². The average molecular weight is 649 g/mol. The van der Waals surface area contributed by atoms with Crippen LogP contribution >= 0.6 is 22.7 Å². The lowest BCUT2D eigenvalue weighted by Gasteiger charge is -2.28. The molecule has 1 aliphatic heterocycles. The van der Waals surface area contributed by atoms with Gasteiger partial charge in [0.15, 0.2) is 0 Å². The molecule has 0 amide bonds. The molecular formula is C17H25BF2N5O13P3. The molecule has 3 unspecified atom stereocenters. The van der Waals surface area contributed by atoms with Gasteiger partial charge in [-0.05, 0) is 33.2 Å². The third-order valence-electron chi connectivity index (χ3n) is 5.21. The number of hydrogen-bond donors (Lipinski definition) is 3. The van der Waals surface area contributed by atoms with Gasteiger partial charge in [-0.25, -0.2) is 9.11 Å². The number of carbonyl (C=O) groups is 1. The Morgan fingerprint density at radius 3 is 2.44 bits per heavy atom. The van der Waals surface area contributed by atoms with Crippen molar-refractivity contribution in [1.29, 1.82) is 0 Å². The van der Waals surface area contributed by atoms with Crippen molar-refractivity contribution in [3.8, 4) is 0 Å². The van der Waals surface area contributed by atoms with Gasteiger partial charge in [0, 0.05) is 23.1 Å². The van der Waals surface area contributed by atoms with Crippen LogP contribution in [0.2, 0.25) is 0 Å². The van der Waals surface area contributed by atoms with E-state index in [-0.39, 0.29) is 12.0 Å². The van der Waals surface area contributed by atoms with Crippen molar-refractivity contribution in [1.82, 2.24) is 9.55 Å². The summed E-state index contributed by atoms with van der Waals surface area (Å²) >= 11 is 0. The molecule has 0 aliphatic carbocycles. The fourth-order valence-electron chi connectivity index (χ4n) is 3.03. The number of rotatable bonds is 12. The fourth-order valence-corrected chi connectivity index (χ4v) is 7.33. The highest BCUT2D eigenvalue weighted by atomic mass is 31.3. The number of H-pyrrole nitrogens is 1. The topological polar surface area (TPSA) is 259 Å². The normalized spacial score (nSPS) is 24.0. The van der Waals surface area contributed by atoms with Crippen molar-refractivity contribution in [2.45, 2.75) is 57.9 Å². The number of esters is 1. The highest BCUT2D eigenvalue weighted by Gasteiger charge is 2.68. The Morgan fingerprint density at radius 1 is 1.27 bits per heavy atom. The van der Waals surface area contributed by atoms with Gasteiger partial charge >= 0.3 is 32.3 Å². The maximum absolute atomic E-state index is 14.5. The van der Waals surface area contributed by atoms with E-state index in [9.17, 15) is 46.6 Å². The summed E-state index contributed by atoms with van der Waals surface area (Å²) in [4.78, 5) is 59.3. The number of aromatic nitrogens is 2. The predicted octanol–water partition coefficient (Wildman–Crippen LogP) is 2.61. The Balaban J connectivity index is 2.13. The summed E-state index contributed by atoms with van der Waals surface area (Å²) in [5.41, 5.74) is 6.21. The van der Waals surface area contributed by atoms with E-state index in [2.05, 4.69) is 28.1 Å². The molecule has 0 spiro atoms. The number of carbonyl (C=O) groups excluding carboxylic acids is 1. The largest absolute Gasteiger partial charge is 0.444 e. The molecule has 1 saturated heterocycles. The second-order valence-corrected chi connectivity index (χ2v) is 15.3. The standard InChI is InChI=1S/C17H25BF2N5O13P3/c1-9-6-25(15(28)22-13(9)26)12-5-10(23-24-21)11(37-12)7-35-41(18,33)38-40(31,32)17(19,20)39(29,30)36-8-34-14(27)16(2,3)4/h6,10-12H,5,7-8H2,1-4H3,(H,29,30)(H,31,32)(H,22,26,28)/t10-,11+,12+,41?/m0/s1. The van der Waals surface area contributed by atoms with Gasteiger partial charge in [0.25, 0.3) is 13.0 Å². The maximum atomic E-state index is 14.5. The number of ether oxygens (including phenoxy) is 2. The molecule has 41 heavy (non-hydrogen) atoms. The van der Waals surface area contributed by atoms with Crippen LogP contribution in [-0.4, -0.2) is 63.8 Å². The highest BCUT2D eigenvalue weighted by Crippen LogP contribution is 2.79. The molecule has 0 bridgehead atoms. The summed E-state index contributed by atoms with van der Waals surface area (Å²) in [7, 11) is -13.5. The van der Waals surface area contributed by atoms with Gasteiger partial charge in [-0.2, -0.15) is 8.78 Å². The monoisotopic (exact) mass is 649 g/mol. The molecule has 3 N–H and O–H groups in total. The number of aryl methyl sites for hydroxylation is 1. The molecule has 0 saturated carbocycles. The van der Waals surface area contributed by atoms with E-state index in [1.54, 1.807) is 0 Å². The van der Waals surface area contributed by atoms with Crippen molar-refractivity contribution in [2.24, 2.45) is 10.5 Å². The zero-order chi connectivity index (χ0) is 31.6. The number of aromatic amines is 1. The minimum atomic E-state index is -6.73. The van der Waals surface area contributed by atoms with Gasteiger partial charge in [0.2, 0.25) is 14.4 Å². The van der Waals surface area contributed by atoms with E-state index in [1.165, 1.54) is 27.7 Å². The third kappa shape index (κ3) is 8.45. The van der Waals surface area contributed by atoms with Crippen LogP contribution in [-0.2, 0) is 41.3 Å². The summed E-state index contributed by atoms with van der Waals surface area (Å²) in [5, 5.41) is -2.22. The lowest BCUT2D eigenvalue weighted by molar-refractivity contribution is -0.160. The molecule has 6 atom stereocenters. The molecule has 1 aliphatic rings. The second kappa shape index (κ2) is 12.6. The first kappa shape index (κ1) is 35.0. The van der Waals surface area contributed by atoms with E-state index < -0.39 is 82.5 Å². The van der Waals surface area contributed by atoms with Crippen LogP contribution < -0.4 is 11.2 Å². The summed E-state index contributed by atoms with van der Waals surface area (Å²) in [6.45, 7) is 2.99. The molecule has 2 heterocycles. The SMILES string of the molecule is [B]P(=O)(OC[C@H]1O[C@@H](n2cc(C)c(=O)[nH]c2=O)C[C@@H]1N=[N+]=[N-])OP(=O)(O)C(F)(F)P(=O)(O)OCOC(=O)C(C)(C)C. The van der Waals surface area contributed by atoms with Gasteiger partial charge in [-0.15, -0.1) is 0 Å². The first-order chi connectivity index (χ1) is 18.5. The third-order valence-corrected chi connectivity index (χ3v) is 10.9. The van der Waals surface area contributed by atoms with Crippen LogP contribution in [0.1, 0.15) is 39.0 Å². The van der Waals surface area contributed by atoms with Gasteiger partial charge in [0.1, 0.15) is 6.23 Å². The zero-order valence-electron chi connectivity index (χ0n) is 21.8. The molecule has 228 valence electrons. The molecule has 1 aromatic heterocycles. The van der Waals surface area contributed by atoms with Crippen LogP contribution in [0.25, 0.3) is 10.4 Å². The number of halogens is 2. The zero-order valence-corrected chi connectivity index (χ0v) is 24.5. The van der Waals surface area contributed by atoms with E-state index in [1.807, 2.05) is 4.98 Å². The van der Waals surface area contributed by atoms with Crippen molar-refractivity contribution >= 4 is 36.2 Å². The smallest absolute Gasteiger partial charge is 0.438 e. The Bertz CT molecular complexity index is 1470. The highest BCUT2D eigenvalue weighted by molar-refractivity contribution is 7.86. The first-order valence-electron chi connectivity index (χ1n) is 11.2. The van der Waals surface area contributed by atoms with Gasteiger partial charge < -0.3 is 23.8 Å². The molecule has 1 fully saturated rings. The van der Waals surface area contributed by atoms with Crippen molar-refractivity contribution in [3.63, 3.8) is 0 Å². The molecule has 24 heteroatoms. The minimum absolute atomic E-state index is 0.116. The number of nitrogens with one attached hydrogen (secondary N) is 1. The number of azide groups is 1. The van der Waals surface area contributed by atoms with Crippen molar-refractivity contribution in [3.05, 3.63) is 43.0 Å². The van der Waals surface area contributed by atoms with E-state index in [0.717, 1.165) is 10.8 Å². The molecule has 1 aromatic rings. The van der Waals surface area contributed by atoms with Gasteiger partial charge in [0.05, 0.1) is 24.2 Å². The minimum Gasteiger partial charge on any atom is -0.438 e. The van der Waals surface area contributed by atoms with Crippen molar-refractivity contribution < 1.29 is 59.9 Å². The van der Waals surface area contributed by atoms with E-state index in [0.29, 0.717) is 0 Å².